The molecule has 0 aromatic carbocycles. The summed E-state index contributed by atoms with van der Waals surface area (Å²) in [5.74, 6) is 1.55. The van der Waals surface area contributed by atoms with Crippen LogP contribution in [0.5, 0.6) is 0 Å². The van der Waals surface area contributed by atoms with Crippen LogP contribution in [0.4, 0.5) is 5.82 Å². The van der Waals surface area contributed by atoms with Gasteiger partial charge in [-0.2, -0.15) is 5.10 Å². The average molecular weight is 357 g/mol. The van der Waals surface area contributed by atoms with Crippen LogP contribution in [0.25, 0.3) is 11.5 Å². The lowest BCUT2D eigenvalue weighted by Crippen LogP contribution is -2.05. The number of nitrogens with zero attached hydrogens (tertiary/aromatic N) is 4. The topological polar surface area (TPSA) is 55.6 Å². The van der Waals surface area contributed by atoms with Crippen molar-refractivity contribution in [2.24, 2.45) is 7.05 Å². The normalized spacial score (nSPS) is 10.7. The van der Waals surface area contributed by atoms with Crippen LogP contribution in [0.3, 0.4) is 0 Å². The molecule has 2 heterocycles. The van der Waals surface area contributed by atoms with Crippen LogP contribution in [0, 0.1) is 3.57 Å². The first-order chi connectivity index (χ1) is 8.65. The summed E-state index contributed by atoms with van der Waals surface area (Å²) >= 11 is 2.29. The Morgan fingerprint density at radius 2 is 2.17 bits per heavy atom. The number of aromatic nitrogens is 4. The van der Waals surface area contributed by atoms with Gasteiger partial charge in [-0.1, -0.05) is 13.3 Å². The molecule has 2 aromatic rings. The zero-order valence-corrected chi connectivity index (χ0v) is 12.9. The molecule has 96 valence electrons. The fraction of sp³-hybridized carbons (Fsp3) is 0.417. The molecule has 0 spiro atoms. The first-order valence-electron chi connectivity index (χ1n) is 5.90. The third-order valence-electron chi connectivity index (χ3n) is 2.59. The zero-order chi connectivity index (χ0) is 13.1. The summed E-state index contributed by atoms with van der Waals surface area (Å²) in [5, 5.41) is 7.47. The van der Waals surface area contributed by atoms with Crippen molar-refractivity contribution in [3.8, 4) is 11.5 Å². The van der Waals surface area contributed by atoms with Crippen LogP contribution in [0.1, 0.15) is 19.0 Å². The number of nitrogens with one attached hydrogen (secondary N) is 1. The molecular formula is C12H16IN5. The van der Waals surface area contributed by atoms with Crippen molar-refractivity contribution in [3.63, 3.8) is 0 Å². The molecule has 0 saturated heterocycles. The fourth-order valence-corrected chi connectivity index (χ4v) is 2.49. The molecule has 0 saturated carbocycles. The highest BCUT2D eigenvalue weighted by molar-refractivity contribution is 14.1. The lowest BCUT2D eigenvalue weighted by atomic mass is 10.2. The Balaban J connectivity index is 2.51. The first-order valence-corrected chi connectivity index (χ1v) is 6.97. The minimum atomic E-state index is 0.684. The summed E-state index contributed by atoms with van der Waals surface area (Å²) in [4.78, 5) is 9.13. The molecule has 0 bridgehead atoms. The van der Waals surface area contributed by atoms with Crippen LogP contribution in [-0.2, 0) is 13.5 Å². The predicted octanol–water partition coefficient (Wildman–Crippen LogP) is 2.48. The first kappa shape index (κ1) is 13.3. The third kappa shape index (κ3) is 2.63. The Labute approximate surface area is 120 Å². The molecule has 0 atom stereocenters. The zero-order valence-electron chi connectivity index (χ0n) is 10.7. The standard InChI is InChI=1S/C12H16IN5/c1-4-5-8-10(13)12(14-2)16-11(15-8)9-6-7-18(3)17-9/h6-7H,4-5H2,1-3H3,(H,14,15,16). The summed E-state index contributed by atoms with van der Waals surface area (Å²) in [6.45, 7) is 2.15. The highest BCUT2D eigenvalue weighted by Gasteiger charge is 2.13. The summed E-state index contributed by atoms with van der Waals surface area (Å²) < 4.78 is 2.85. The molecule has 0 amide bonds. The van der Waals surface area contributed by atoms with E-state index in [0.717, 1.165) is 33.6 Å². The van der Waals surface area contributed by atoms with Gasteiger partial charge < -0.3 is 5.32 Å². The van der Waals surface area contributed by atoms with Crippen molar-refractivity contribution in [1.29, 1.82) is 0 Å². The Morgan fingerprint density at radius 1 is 1.39 bits per heavy atom. The second kappa shape index (κ2) is 5.64. The molecule has 1 N–H and O–H groups in total. The predicted molar refractivity (Wildman–Crippen MR) is 80.5 cm³/mol. The van der Waals surface area contributed by atoms with Crippen molar-refractivity contribution in [2.45, 2.75) is 19.8 Å². The van der Waals surface area contributed by atoms with E-state index in [0.29, 0.717) is 5.82 Å². The Hall–Kier alpha value is -1.18. The highest BCUT2D eigenvalue weighted by Crippen LogP contribution is 2.23. The van der Waals surface area contributed by atoms with Crippen molar-refractivity contribution < 1.29 is 0 Å². The van der Waals surface area contributed by atoms with E-state index in [9.17, 15) is 0 Å². The van der Waals surface area contributed by atoms with Gasteiger partial charge in [0.25, 0.3) is 0 Å². The van der Waals surface area contributed by atoms with Gasteiger partial charge >= 0.3 is 0 Å². The van der Waals surface area contributed by atoms with Gasteiger partial charge in [-0.15, -0.1) is 0 Å². The monoisotopic (exact) mass is 357 g/mol. The van der Waals surface area contributed by atoms with Gasteiger partial charge in [0.1, 0.15) is 11.5 Å². The summed E-state index contributed by atoms with van der Waals surface area (Å²) in [6.07, 6.45) is 3.92. The lowest BCUT2D eigenvalue weighted by molar-refractivity contribution is 0.767. The van der Waals surface area contributed by atoms with E-state index in [1.807, 2.05) is 26.4 Å². The molecule has 0 aliphatic carbocycles. The lowest BCUT2D eigenvalue weighted by Gasteiger charge is -2.09. The Bertz CT molecular complexity index is 549. The number of rotatable bonds is 4. The minimum absolute atomic E-state index is 0.684. The maximum Gasteiger partial charge on any atom is 0.182 e. The number of anilines is 1. The minimum Gasteiger partial charge on any atom is -0.372 e. The maximum atomic E-state index is 4.62. The van der Waals surface area contributed by atoms with E-state index in [2.05, 4.69) is 49.9 Å². The third-order valence-corrected chi connectivity index (χ3v) is 3.72. The number of aryl methyl sites for hydroxylation is 2. The second-order valence-electron chi connectivity index (χ2n) is 4.03. The van der Waals surface area contributed by atoms with Crippen LogP contribution in [0.2, 0.25) is 0 Å². The quantitative estimate of drug-likeness (QED) is 0.855. The molecule has 0 aliphatic rings. The second-order valence-corrected chi connectivity index (χ2v) is 5.11. The van der Waals surface area contributed by atoms with E-state index in [-0.39, 0.29) is 0 Å². The molecule has 2 rings (SSSR count). The summed E-state index contributed by atoms with van der Waals surface area (Å²) in [7, 11) is 3.77. The van der Waals surface area contributed by atoms with E-state index < -0.39 is 0 Å². The van der Waals surface area contributed by atoms with Crippen LogP contribution in [0.15, 0.2) is 12.3 Å². The molecule has 0 radical (unpaired) electrons. The smallest absolute Gasteiger partial charge is 0.182 e. The number of halogens is 1. The number of hydrogen-bond donors (Lipinski definition) is 1. The summed E-state index contributed by atoms with van der Waals surface area (Å²) in [6, 6.07) is 1.93. The summed E-state index contributed by atoms with van der Waals surface area (Å²) in [5.41, 5.74) is 1.89. The van der Waals surface area contributed by atoms with Crippen molar-refractivity contribution in [1.82, 2.24) is 19.7 Å². The molecule has 6 heteroatoms. The molecule has 0 unspecified atom stereocenters. The van der Waals surface area contributed by atoms with Gasteiger partial charge in [0.15, 0.2) is 5.82 Å². The fourth-order valence-electron chi connectivity index (χ4n) is 1.71. The van der Waals surface area contributed by atoms with Crippen molar-refractivity contribution >= 4 is 28.4 Å². The highest BCUT2D eigenvalue weighted by atomic mass is 127. The van der Waals surface area contributed by atoms with Crippen molar-refractivity contribution in [2.75, 3.05) is 12.4 Å². The van der Waals surface area contributed by atoms with Gasteiger partial charge in [-0.25, -0.2) is 9.97 Å². The van der Waals surface area contributed by atoms with Crippen LogP contribution < -0.4 is 5.32 Å². The van der Waals surface area contributed by atoms with E-state index in [1.54, 1.807) is 4.68 Å². The van der Waals surface area contributed by atoms with Gasteiger partial charge in [-0.3, -0.25) is 4.68 Å². The molecule has 2 aromatic heterocycles. The van der Waals surface area contributed by atoms with E-state index in [4.69, 9.17) is 0 Å². The van der Waals surface area contributed by atoms with Crippen molar-refractivity contribution in [3.05, 3.63) is 21.5 Å². The maximum absolute atomic E-state index is 4.62. The molecule has 0 aliphatic heterocycles. The number of hydrogen-bond acceptors (Lipinski definition) is 4. The van der Waals surface area contributed by atoms with Gasteiger partial charge in [0.05, 0.1) is 9.26 Å². The average Bonchev–Trinajstić information content (AvgIpc) is 2.79. The van der Waals surface area contributed by atoms with Gasteiger partial charge in [0.2, 0.25) is 0 Å². The Morgan fingerprint density at radius 3 is 2.72 bits per heavy atom. The van der Waals surface area contributed by atoms with Crippen LogP contribution >= 0.6 is 22.6 Å². The van der Waals surface area contributed by atoms with E-state index >= 15 is 0 Å². The molecular weight excluding hydrogens is 341 g/mol. The SMILES string of the molecule is CCCc1nc(-c2ccn(C)n2)nc(NC)c1I. The van der Waals surface area contributed by atoms with Crippen LogP contribution in [-0.4, -0.2) is 26.8 Å². The van der Waals surface area contributed by atoms with Gasteiger partial charge in [-0.05, 0) is 35.1 Å². The Kier molecular flexibility index (Phi) is 4.15. The molecule has 0 fully saturated rings. The molecule has 18 heavy (non-hydrogen) atoms. The largest absolute Gasteiger partial charge is 0.372 e. The van der Waals surface area contributed by atoms with E-state index in [1.165, 1.54) is 0 Å². The molecule has 5 nitrogen and oxygen atoms in total. The van der Waals surface area contributed by atoms with Gasteiger partial charge in [0, 0.05) is 20.3 Å².